The van der Waals surface area contributed by atoms with E-state index in [2.05, 4.69) is 10.4 Å². The van der Waals surface area contributed by atoms with Gasteiger partial charge in [-0.05, 0) is 19.1 Å². The second kappa shape index (κ2) is 5.80. The zero-order valence-electron chi connectivity index (χ0n) is 10.3. The molecule has 0 aliphatic heterocycles. The SMILES string of the molecule is Cc1nn(C)c(Cl)c1CNc1cc(Cl)c(Cl)cc1Cl. The molecule has 3 nitrogen and oxygen atoms in total. The van der Waals surface area contributed by atoms with Gasteiger partial charge in [-0.3, -0.25) is 4.68 Å². The lowest BCUT2D eigenvalue weighted by Crippen LogP contribution is -2.01. The van der Waals surface area contributed by atoms with Crippen LogP contribution in [0.5, 0.6) is 0 Å². The zero-order valence-corrected chi connectivity index (χ0v) is 13.3. The van der Waals surface area contributed by atoms with E-state index in [1.165, 1.54) is 0 Å². The minimum atomic E-state index is 0.424. The van der Waals surface area contributed by atoms with E-state index in [9.17, 15) is 0 Å². The third-order valence-corrected chi connectivity index (χ3v) is 4.24. The highest BCUT2D eigenvalue weighted by Crippen LogP contribution is 2.32. The minimum absolute atomic E-state index is 0.424. The normalized spacial score (nSPS) is 10.8. The number of aryl methyl sites for hydroxylation is 2. The summed E-state index contributed by atoms with van der Waals surface area (Å²) in [7, 11) is 1.80. The van der Waals surface area contributed by atoms with Crippen molar-refractivity contribution in [3.05, 3.63) is 43.6 Å². The van der Waals surface area contributed by atoms with E-state index in [4.69, 9.17) is 46.4 Å². The highest BCUT2D eigenvalue weighted by atomic mass is 35.5. The Morgan fingerprint density at radius 3 is 2.32 bits per heavy atom. The Bertz CT molecular complexity index is 622. The van der Waals surface area contributed by atoms with Crippen LogP contribution in [-0.2, 0) is 13.6 Å². The molecule has 1 N–H and O–H groups in total. The van der Waals surface area contributed by atoms with E-state index in [1.54, 1.807) is 23.9 Å². The van der Waals surface area contributed by atoms with Crippen molar-refractivity contribution in [2.75, 3.05) is 5.32 Å². The molecule has 102 valence electrons. The van der Waals surface area contributed by atoms with Crippen molar-refractivity contribution >= 4 is 52.1 Å². The molecule has 0 atom stereocenters. The summed E-state index contributed by atoms with van der Waals surface area (Å²) in [6.45, 7) is 2.41. The van der Waals surface area contributed by atoms with Crippen molar-refractivity contribution in [3.63, 3.8) is 0 Å². The molecule has 1 heterocycles. The summed E-state index contributed by atoms with van der Waals surface area (Å²) in [6.07, 6.45) is 0. The van der Waals surface area contributed by atoms with Crippen molar-refractivity contribution < 1.29 is 0 Å². The van der Waals surface area contributed by atoms with Crippen molar-refractivity contribution in [2.24, 2.45) is 7.05 Å². The number of benzene rings is 1. The van der Waals surface area contributed by atoms with Crippen LogP contribution in [0.1, 0.15) is 11.3 Å². The first-order valence-electron chi connectivity index (χ1n) is 5.46. The third-order valence-electron chi connectivity index (χ3n) is 2.74. The third kappa shape index (κ3) is 3.11. The summed E-state index contributed by atoms with van der Waals surface area (Å²) < 4.78 is 1.63. The van der Waals surface area contributed by atoms with E-state index in [0.29, 0.717) is 32.5 Å². The number of rotatable bonds is 3. The topological polar surface area (TPSA) is 29.9 Å². The van der Waals surface area contributed by atoms with Crippen molar-refractivity contribution in [3.8, 4) is 0 Å². The molecule has 19 heavy (non-hydrogen) atoms. The Labute approximate surface area is 131 Å². The Kier molecular flexibility index (Phi) is 4.51. The Morgan fingerprint density at radius 2 is 1.74 bits per heavy atom. The fourth-order valence-corrected chi connectivity index (χ4v) is 2.57. The van der Waals surface area contributed by atoms with Gasteiger partial charge in [0.25, 0.3) is 0 Å². The molecule has 0 spiro atoms. The van der Waals surface area contributed by atoms with Crippen molar-refractivity contribution in [2.45, 2.75) is 13.5 Å². The quantitative estimate of drug-likeness (QED) is 0.802. The van der Waals surface area contributed by atoms with Crippen LogP contribution >= 0.6 is 46.4 Å². The summed E-state index contributed by atoms with van der Waals surface area (Å²) in [6, 6.07) is 3.29. The van der Waals surface area contributed by atoms with Crippen LogP contribution in [0, 0.1) is 6.92 Å². The first-order chi connectivity index (χ1) is 8.90. The van der Waals surface area contributed by atoms with Gasteiger partial charge in [-0.1, -0.05) is 46.4 Å². The monoisotopic (exact) mass is 337 g/mol. The standard InChI is InChI=1S/C12H11Cl4N3/c1-6-7(12(16)19(2)18-6)5-17-11-4-9(14)8(13)3-10(11)15/h3-4,17H,5H2,1-2H3. The molecule has 0 bridgehead atoms. The first kappa shape index (κ1) is 14.8. The number of anilines is 1. The second-order valence-corrected chi connectivity index (χ2v) is 5.66. The number of hydrogen-bond acceptors (Lipinski definition) is 2. The van der Waals surface area contributed by atoms with Crippen LogP contribution in [0.25, 0.3) is 0 Å². The van der Waals surface area contributed by atoms with Crippen LogP contribution in [0.15, 0.2) is 12.1 Å². The predicted octanol–water partition coefficient (Wildman–Crippen LogP) is 4.95. The van der Waals surface area contributed by atoms with Gasteiger partial charge in [0, 0.05) is 19.2 Å². The number of hydrogen-bond donors (Lipinski definition) is 1. The van der Waals surface area contributed by atoms with Crippen LogP contribution in [-0.4, -0.2) is 9.78 Å². The van der Waals surface area contributed by atoms with E-state index < -0.39 is 0 Å². The van der Waals surface area contributed by atoms with E-state index in [1.807, 2.05) is 6.92 Å². The first-order valence-corrected chi connectivity index (χ1v) is 6.97. The van der Waals surface area contributed by atoms with Gasteiger partial charge in [0.05, 0.1) is 26.4 Å². The number of nitrogens with zero attached hydrogens (tertiary/aromatic N) is 2. The molecule has 1 aromatic carbocycles. The Hall–Kier alpha value is -0.610. The van der Waals surface area contributed by atoms with Gasteiger partial charge < -0.3 is 5.32 Å². The fourth-order valence-electron chi connectivity index (χ4n) is 1.72. The lowest BCUT2D eigenvalue weighted by atomic mass is 10.2. The second-order valence-electron chi connectivity index (χ2n) is 4.08. The van der Waals surface area contributed by atoms with Gasteiger partial charge >= 0.3 is 0 Å². The maximum Gasteiger partial charge on any atom is 0.131 e. The van der Waals surface area contributed by atoms with Crippen LogP contribution in [0.4, 0.5) is 5.69 Å². The lowest BCUT2D eigenvalue weighted by molar-refractivity contribution is 0.757. The molecule has 0 unspecified atom stereocenters. The summed E-state index contributed by atoms with van der Waals surface area (Å²) >= 11 is 24.1. The number of aromatic nitrogens is 2. The molecular weight excluding hydrogens is 328 g/mol. The van der Waals surface area contributed by atoms with Crippen LogP contribution < -0.4 is 5.32 Å². The predicted molar refractivity (Wildman–Crippen MR) is 81.8 cm³/mol. The van der Waals surface area contributed by atoms with E-state index in [-0.39, 0.29) is 0 Å². The molecule has 0 aliphatic carbocycles. The van der Waals surface area contributed by atoms with Gasteiger partial charge in [-0.25, -0.2) is 0 Å². The van der Waals surface area contributed by atoms with E-state index >= 15 is 0 Å². The van der Waals surface area contributed by atoms with Gasteiger partial charge in [0.1, 0.15) is 5.15 Å². The highest BCUT2D eigenvalue weighted by Gasteiger charge is 2.12. The minimum Gasteiger partial charge on any atom is -0.380 e. The van der Waals surface area contributed by atoms with Crippen LogP contribution in [0.3, 0.4) is 0 Å². The molecule has 2 aromatic rings. The molecular formula is C12H11Cl4N3. The lowest BCUT2D eigenvalue weighted by Gasteiger charge is -2.09. The molecule has 0 fully saturated rings. The number of nitrogens with one attached hydrogen (secondary N) is 1. The molecule has 0 amide bonds. The molecule has 0 saturated carbocycles. The Morgan fingerprint density at radius 1 is 1.11 bits per heavy atom. The summed E-state index contributed by atoms with van der Waals surface area (Å²) in [5.74, 6) is 0. The Balaban J connectivity index is 2.21. The maximum atomic E-state index is 6.16. The molecule has 0 aliphatic rings. The summed E-state index contributed by atoms with van der Waals surface area (Å²) in [5, 5.41) is 9.40. The van der Waals surface area contributed by atoms with Gasteiger partial charge in [0.2, 0.25) is 0 Å². The molecule has 2 rings (SSSR count). The number of halogens is 4. The smallest absolute Gasteiger partial charge is 0.131 e. The summed E-state index contributed by atoms with van der Waals surface area (Å²) in [4.78, 5) is 0. The molecule has 7 heteroatoms. The fraction of sp³-hybridized carbons (Fsp3) is 0.250. The van der Waals surface area contributed by atoms with Gasteiger partial charge in [0.15, 0.2) is 0 Å². The van der Waals surface area contributed by atoms with Crippen molar-refractivity contribution in [1.82, 2.24) is 9.78 Å². The maximum absolute atomic E-state index is 6.16. The van der Waals surface area contributed by atoms with E-state index in [0.717, 1.165) is 11.3 Å². The average molecular weight is 339 g/mol. The van der Waals surface area contributed by atoms with Gasteiger partial charge in [-0.15, -0.1) is 0 Å². The van der Waals surface area contributed by atoms with Crippen molar-refractivity contribution in [1.29, 1.82) is 0 Å². The molecule has 1 aromatic heterocycles. The molecule has 0 radical (unpaired) electrons. The highest BCUT2D eigenvalue weighted by molar-refractivity contribution is 6.44. The average Bonchev–Trinajstić information content (AvgIpc) is 2.57. The zero-order chi connectivity index (χ0) is 14.2. The largest absolute Gasteiger partial charge is 0.380 e. The summed E-state index contributed by atoms with van der Waals surface area (Å²) in [5.41, 5.74) is 2.50. The molecule has 0 saturated heterocycles. The van der Waals surface area contributed by atoms with Crippen LogP contribution in [0.2, 0.25) is 20.2 Å². The van der Waals surface area contributed by atoms with Gasteiger partial charge in [-0.2, -0.15) is 5.10 Å².